The van der Waals surface area contributed by atoms with E-state index < -0.39 is 0 Å². The zero-order valence-corrected chi connectivity index (χ0v) is 13.3. The van der Waals surface area contributed by atoms with Crippen molar-refractivity contribution in [2.75, 3.05) is 14.2 Å². The van der Waals surface area contributed by atoms with Crippen LogP contribution in [0.15, 0.2) is 30.3 Å². The molecule has 20 heavy (non-hydrogen) atoms. The van der Waals surface area contributed by atoms with Crippen LogP contribution in [-0.4, -0.2) is 19.1 Å². The Morgan fingerprint density at radius 2 is 2.05 bits per heavy atom. The Bertz CT molecular complexity index is 571. The molecule has 0 unspecified atom stereocenters. The maximum absolute atomic E-state index is 5.95. The van der Waals surface area contributed by atoms with E-state index >= 15 is 0 Å². The van der Waals surface area contributed by atoms with Gasteiger partial charge in [-0.2, -0.15) is 0 Å². The molecule has 0 aliphatic heterocycles. The van der Waals surface area contributed by atoms with Crippen LogP contribution >= 0.6 is 22.9 Å². The van der Waals surface area contributed by atoms with E-state index in [-0.39, 0.29) is 0 Å². The van der Waals surface area contributed by atoms with E-state index in [1.165, 1.54) is 10.4 Å². The Balaban J connectivity index is 2.02. The van der Waals surface area contributed by atoms with Gasteiger partial charge in [-0.05, 0) is 30.8 Å². The van der Waals surface area contributed by atoms with Crippen molar-refractivity contribution in [1.82, 2.24) is 4.90 Å². The highest BCUT2D eigenvalue weighted by molar-refractivity contribution is 7.16. The molecule has 1 aromatic heterocycles. The third-order valence-corrected chi connectivity index (χ3v) is 4.29. The van der Waals surface area contributed by atoms with Gasteiger partial charge in [0.1, 0.15) is 5.75 Å². The Labute approximate surface area is 128 Å². The van der Waals surface area contributed by atoms with Gasteiger partial charge >= 0.3 is 0 Å². The lowest BCUT2D eigenvalue weighted by atomic mass is 10.1. The third-order valence-electron chi connectivity index (χ3n) is 3.08. The molecule has 1 aromatic carbocycles. The minimum atomic E-state index is 0.493. The highest BCUT2D eigenvalue weighted by Gasteiger charge is 2.07. The summed E-state index contributed by atoms with van der Waals surface area (Å²) in [6, 6.07) is 10.2. The zero-order chi connectivity index (χ0) is 14.5. The van der Waals surface area contributed by atoms with Crippen molar-refractivity contribution in [3.8, 4) is 5.75 Å². The Morgan fingerprint density at radius 3 is 2.65 bits per heavy atom. The van der Waals surface area contributed by atoms with Gasteiger partial charge in [0.05, 0.1) is 11.4 Å². The number of rotatable bonds is 6. The van der Waals surface area contributed by atoms with Crippen LogP contribution in [0.5, 0.6) is 5.75 Å². The molecule has 0 radical (unpaired) electrons. The molecule has 3 nitrogen and oxygen atoms in total. The molecule has 0 spiro atoms. The molecule has 108 valence electrons. The minimum absolute atomic E-state index is 0.493. The van der Waals surface area contributed by atoms with Gasteiger partial charge in [-0.25, -0.2) is 0 Å². The number of thiophene rings is 1. The van der Waals surface area contributed by atoms with Gasteiger partial charge in [-0.3, -0.25) is 4.90 Å². The molecule has 1 heterocycles. The first-order valence-corrected chi connectivity index (χ1v) is 7.60. The number of nitrogens with zero attached hydrogens (tertiary/aromatic N) is 1. The first kappa shape index (κ1) is 15.3. The van der Waals surface area contributed by atoms with Crippen molar-refractivity contribution in [1.29, 1.82) is 0 Å². The molecule has 0 atom stereocenters. The highest BCUT2D eigenvalue weighted by Crippen LogP contribution is 2.24. The maximum Gasteiger partial charge on any atom is 0.123 e. The molecule has 2 rings (SSSR count). The lowest BCUT2D eigenvalue weighted by molar-refractivity contribution is 0.321. The second kappa shape index (κ2) is 7.09. The van der Waals surface area contributed by atoms with Gasteiger partial charge in [-0.15, -0.1) is 11.3 Å². The second-order valence-electron chi connectivity index (χ2n) is 4.73. The van der Waals surface area contributed by atoms with Gasteiger partial charge in [0.25, 0.3) is 0 Å². The summed E-state index contributed by atoms with van der Waals surface area (Å²) in [4.78, 5) is 3.52. The van der Waals surface area contributed by atoms with Crippen molar-refractivity contribution in [3.63, 3.8) is 0 Å². The van der Waals surface area contributed by atoms with Crippen molar-refractivity contribution in [2.45, 2.75) is 19.6 Å². The summed E-state index contributed by atoms with van der Waals surface area (Å²) in [5.74, 6) is 0.859. The van der Waals surface area contributed by atoms with E-state index in [9.17, 15) is 0 Å². The topological polar surface area (TPSA) is 38.5 Å². The van der Waals surface area contributed by atoms with Crippen LogP contribution in [0.25, 0.3) is 0 Å². The average molecular weight is 311 g/mol. The molecule has 0 saturated heterocycles. The molecule has 0 aliphatic rings. The van der Waals surface area contributed by atoms with E-state index in [0.29, 0.717) is 6.54 Å². The number of ether oxygens (including phenoxy) is 1. The fourth-order valence-electron chi connectivity index (χ4n) is 2.13. The van der Waals surface area contributed by atoms with Crippen LogP contribution in [0.2, 0.25) is 4.34 Å². The largest absolute Gasteiger partial charge is 0.496 e. The van der Waals surface area contributed by atoms with Gasteiger partial charge in [0.15, 0.2) is 0 Å². The highest BCUT2D eigenvalue weighted by atomic mass is 35.5. The molecular weight excluding hydrogens is 292 g/mol. The van der Waals surface area contributed by atoms with Crippen LogP contribution in [0.3, 0.4) is 0 Å². The minimum Gasteiger partial charge on any atom is -0.496 e. The van der Waals surface area contributed by atoms with E-state index in [1.54, 1.807) is 18.4 Å². The molecule has 0 saturated carbocycles. The number of benzene rings is 1. The molecule has 0 aliphatic carbocycles. The fourth-order valence-corrected chi connectivity index (χ4v) is 3.29. The second-order valence-corrected chi connectivity index (χ2v) is 6.53. The summed E-state index contributed by atoms with van der Waals surface area (Å²) in [5, 5.41) is 0. The fraction of sp³-hybridized carbons (Fsp3) is 0.333. The summed E-state index contributed by atoms with van der Waals surface area (Å²) >= 11 is 7.57. The number of methoxy groups -OCH3 is 1. The number of hydrogen-bond donors (Lipinski definition) is 1. The van der Waals surface area contributed by atoms with E-state index in [2.05, 4.69) is 30.1 Å². The molecule has 5 heteroatoms. The molecule has 0 fully saturated rings. The lowest BCUT2D eigenvalue weighted by Crippen LogP contribution is -2.16. The SMILES string of the molecule is COc1cc(CN(C)Cc2ccc(Cl)s2)ccc1CN. The summed E-state index contributed by atoms with van der Waals surface area (Å²) in [6.45, 7) is 2.24. The van der Waals surface area contributed by atoms with Crippen molar-refractivity contribution >= 4 is 22.9 Å². The molecule has 0 amide bonds. The number of nitrogens with two attached hydrogens (primary N) is 1. The first-order chi connectivity index (χ1) is 9.62. The monoisotopic (exact) mass is 310 g/mol. The average Bonchev–Trinajstić information content (AvgIpc) is 2.83. The normalized spacial score (nSPS) is 11.1. The van der Waals surface area contributed by atoms with E-state index in [0.717, 1.165) is 28.7 Å². The van der Waals surface area contributed by atoms with Crippen molar-refractivity contribution in [3.05, 3.63) is 50.7 Å². The summed E-state index contributed by atoms with van der Waals surface area (Å²) in [6.07, 6.45) is 0. The van der Waals surface area contributed by atoms with Crippen LogP contribution in [0.1, 0.15) is 16.0 Å². The van der Waals surface area contributed by atoms with E-state index in [4.69, 9.17) is 22.1 Å². The van der Waals surface area contributed by atoms with Gasteiger partial charge in [0, 0.05) is 30.1 Å². The van der Waals surface area contributed by atoms with E-state index in [1.807, 2.05) is 12.1 Å². The Kier molecular flexibility index (Phi) is 5.43. The predicted octanol–water partition coefficient (Wildman–Crippen LogP) is 3.50. The van der Waals surface area contributed by atoms with Gasteiger partial charge < -0.3 is 10.5 Å². The van der Waals surface area contributed by atoms with Gasteiger partial charge in [0.2, 0.25) is 0 Å². The van der Waals surface area contributed by atoms with Crippen LogP contribution in [-0.2, 0) is 19.6 Å². The lowest BCUT2D eigenvalue weighted by Gasteiger charge is -2.17. The quantitative estimate of drug-likeness (QED) is 0.887. The summed E-state index contributed by atoms with van der Waals surface area (Å²) in [5.41, 5.74) is 7.92. The summed E-state index contributed by atoms with van der Waals surface area (Å²) in [7, 11) is 3.77. The van der Waals surface area contributed by atoms with Gasteiger partial charge in [-0.1, -0.05) is 23.7 Å². The standard InChI is InChI=1S/C15H19ClN2OS/c1-18(10-13-5-6-15(16)20-13)9-11-3-4-12(8-17)14(7-11)19-2/h3-7H,8-10,17H2,1-2H3. The molecule has 2 aromatic rings. The van der Waals surface area contributed by atoms with Crippen LogP contribution in [0.4, 0.5) is 0 Å². The van der Waals surface area contributed by atoms with Crippen molar-refractivity contribution < 1.29 is 4.74 Å². The smallest absolute Gasteiger partial charge is 0.123 e. The summed E-state index contributed by atoms with van der Waals surface area (Å²) < 4.78 is 6.20. The molecular formula is C15H19ClN2OS. The Hall–Kier alpha value is -1.07. The molecule has 2 N–H and O–H groups in total. The molecule has 0 bridgehead atoms. The maximum atomic E-state index is 5.95. The number of halogens is 1. The zero-order valence-electron chi connectivity index (χ0n) is 11.7. The number of hydrogen-bond acceptors (Lipinski definition) is 4. The van der Waals surface area contributed by atoms with Crippen LogP contribution < -0.4 is 10.5 Å². The first-order valence-electron chi connectivity index (χ1n) is 6.41. The van der Waals surface area contributed by atoms with Crippen molar-refractivity contribution in [2.24, 2.45) is 5.73 Å². The third kappa shape index (κ3) is 3.96. The Morgan fingerprint density at radius 1 is 1.25 bits per heavy atom. The predicted molar refractivity (Wildman–Crippen MR) is 85.4 cm³/mol. The van der Waals surface area contributed by atoms with Crippen LogP contribution in [0, 0.1) is 0 Å².